The van der Waals surface area contributed by atoms with Gasteiger partial charge in [-0.3, -0.25) is 4.79 Å². The molecule has 4 fully saturated rings. The predicted octanol–water partition coefficient (Wildman–Crippen LogP) is 4.31. The molecular formula is C27H40O6Si. The van der Waals surface area contributed by atoms with Gasteiger partial charge in [0.05, 0.1) is 44.1 Å². The quantitative estimate of drug-likeness (QED) is 0.475. The van der Waals surface area contributed by atoms with Gasteiger partial charge >= 0.3 is 5.97 Å². The Labute approximate surface area is 204 Å². The molecule has 1 spiro atoms. The van der Waals surface area contributed by atoms with E-state index in [-0.39, 0.29) is 40.5 Å². The molecule has 188 valence electrons. The highest BCUT2D eigenvalue weighted by atomic mass is 28.4. The van der Waals surface area contributed by atoms with E-state index < -0.39 is 19.8 Å². The van der Waals surface area contributed by atoms with Crippen LogP contribution >= 0.6 is 0 Å². The first-order chi connectivity index (χ1) is 16.0. The van der Waals surface area contributed by atoms with Crippen molar-refractivity contribution in [3.8, 4) is 0 Å². The van der Waals surface area contributed by atoms with Crippen LogP contribution in [0.1, 0.15) is 45.6 Å². The fraction of sp³-hybridized carbons (Fsp3) is 0.741. The largest absolute Gasteiger partial charge is 0.465 e. The number of carbonyl (C=O) groups excluding carboxylic acids is 1. The van der Waals surface area contributed by atoms with E-state index in [1.165, 1.54) is 0 Å². The third-order valence-corrected chi connectivity index (χ3v) is 14.1. The van der Waals surface area contributed by atoms with Gasteiger partial charge in [-0.05, 0) is 43.0 Å². The highest BCUT2D eigenvalue weighted by molar-refractivity contribution is 6.74. The number of carbonyl (C=O) groups is 1. The zero-order chi connectivity index (χ0) is 24.4. The normalized spacial score (nSPS) is 39.5. The highest BCUT2D eigenvalue weighted by Gasteiger charge is 2.74. The molecule has 1 aromatic carbocycles. The molecule has 7 atom stereocenters. The van der Waals surface area contributed by atoms with E-state index >= 15 is 0 Å². The second-order valence-electron chi connectivity index (χ2n) is 12.6. The van der Waals surface area contributed by atoms with Crippen LogP contribution in [0.25, 0.3) is 0 Å². The minimum absolute atomic E-state index is 0.0282. The van der Waals surface area contributed by atoms with Crippen molar-refractivity contribution in [1.29, 1.82) is 0 Å². The second kappa shape index (κ2) is 8.41. The summed E-state index contributed by atoms with van der Waals surface area (Å²) in [6.07, 6.45) is 1.09. The van der Waals surface area contributed by atoms with Crippen LogP contribution in [-0.2, 0) is 30.0 Å². The molecule has 7 heteroatoms. The number of aliphatic hydroxyl groups excluding tert-OH is 1. The Hall–Kier alpha value is -1.25. The lowest BCUT2D eigenvalue weighted by atomic mass is 9.46. The van der Waals surface area contributed by atoms with Gasteiger partial charge < -0.3 is 23.7 Å². The number of hydrogen-bond donors (Lipinski definition) is 1. The van der Waals surface area contributed by atoms with Gasteiger partial charge in [0.25, 0.3) is 0 Å². The summed E-state index contributed by atoms with van der Waals surface area (Å²) in [6, 6.07) is 10.2. The van der Waals surface area contributed by atoms with Crippen molar-refractivity contribution in [3.05, 3.63) is 35.9 Å². The molecule has 0 bridgehead atoms. The third-order valence-electron chi connectivity index (χ3n) is 9.63. The summed E-state index contributed by atoms with van der Waals surface area (Å²) in [5.41, 5.74) is 0.418. The fourth-order valence-electron chi connectivity index (χ4n) is 6.90. The number of cyclic esters (lactones) is 1. The number of esters is 1. The number of benzene rings is 1. The molecule has 34 heavy (non-hydrogen) atoms. The van der Waals surface area contributed by atoms with Crippen LogP contribution in [0, 0.1) is 22.7 Å². The van der Waals surface area contributed by atoms with Gasteiger partial charge in [0, 0.05) is 16.7 Å². The summed E-state index contributed by atoms with van der Waals surface area (Å²) >= 11 is 0. The monoisotopic (exact) mass is 488 g/mol. The summed E-state index contributed by atoms with van der Waals surface area (Å²) in [5.74, 6) is -0.567. The van der Waals surface area contributed by atoms with E-state index in [9.17, 15) is 9.90 Å². The average Bonchev–Trinajstić information content (AvgIpc) is 3.32. The standard InChI is InChI=1S/C27H40O6Si/c1-25(2,3)34(4,5)33-21-11-12-26(15-30-14-18-9-7-6-8-10-18)16-31-22-20(28)13-19-24(29)32-17-27(19,21)23(22)26/h6-10,19-23,28H,11-17H2,1-5H3/t19-,20+,21-,22+,23+,26-,27+/m1/s1. The van der Waals surface area contributed by atoms with Gasteiger partial charge in [0.2, 0.25) is 0 Å². The van der Waals surface area contributed by atoms with Gasteiger partial charge in [-0.15, -0.1) is 0 Å². The molecule has 0 radical (unpaired) electrons. The van der Waals surface area contributed by atoms with E-state index in [0.717, 1.165) is 18.4 Å². The number of rotatable bonds is 6. The van der Waals surface area contributed by atoms with E-state index in [1.54, 1.807) is 0 Å². The zero-order valence-corrected chi connectivity index (χ0v) is 22.2. The predicted molar refractivity (Wildman–Crippen MR) is 131 cm³/mol. The van der Waals surface area contributed by atoms with Crippen molar-refractivity contribution in [2.45, 2.75) is 83.1 Å². The fourth-order valence-corrected chi connectivity index (χ4v) is 8.31. The first-order valence-corrected chi connectivity index (χ1v) is 15.7. The maximum Gasteiger partial charge on any atom is 0.309 e. The molecule has 6 nitrogen and oxygen atoms in total. The molecular weight excluding hydrogens is 448 g/mol. The maximum atomic E-state index is 13.0. The Bertz CT molecular complexity index is 913. The number of aliphatic hydroxyl groups is 1. The lowest BCUT2D eigenvalue weighted by molar-refractivity contribution is -0.185. The molecule has 0 unspecified atom stereocenters. The Morgan fingerprint density at radius 2 is 1.91 bits per heavy atom. The lowest BCUT2D eigenvalue weighted by Crippen LogP contribution is -2.66. The van der Waals surface area contributed by atoms with Crippen molar-refractivity contribution < 1.29 is 28.5 Å². The molecule has 2 aliphatic heterocycles. The molecule has 2 heterocycles. The van der Waals surface area contributed by atoms with Crippen LogP contribution < -0.4 is 0 Å². The molecule has 0 aromatic heterocycles. The van der Waals surface area contributed by atoms with Gasteiger partial charge in [-0.25, -0.2) is 0 Å². The summed E-state index contributed by atoms with van der Waals surface area (Å²) in [6.45, 7) is 13.3. The molecule has 4 aliphatic rings. The first kappa shape index (κ1) is 24.4. The molecule has 1 aromatic rings. The smallest absolute Gasteiger partial charge is 0.309 e. The van der Waals surface area contributed by atoms with E-state index in [0.29, 0.717) is 32.8 Å². The second-order valence-corrected chi connectivity index (χ2v) is 17.3. The van der Waals surface area contributed by atoms with Crippen molar-refractivity contribution in [3.63, 3.8) is 0 Å². The molecule has 1 N–H and O–H groups in total. The van der Waals surface area contributed by atoms with Crippen LogP contribution in [-0.4, -0.2) is 57.5 Å². The average molecular weight is 489 g/mol. The van der Waals surface area contributed by atoms with E-state index in [4.69, 9.17) is 18.6 Å². The van der Waals surface area contributed by atoms with Gasteiger partial charge in [0.15, 0.2) is 8.32 Å². The van der Waals surface area contributed by atoms with Crippen molar-refractivity contribution >= 4 is 14.3 Å². The molecule has 0 amide bonds. The minimum atomic E-state index is -2.09. The Morgan fingerprint density at radius 3 is 2.62 bits per heavy atom. The van der Waals surface area contributed by atoms with Gasteiger partial charge in [-0.1, -0.05) is 51.1 Å². The summed E-state index contributed by atoms with van der Waals surface area (Å²) in [5, 5.41) is 11.1. The maximum absolute atomic E-state index is 13.0. The van der Waals surface area contributed by atoms with Crippen molar-refractivity contribution in [2.24, 2.45) is 22.7 Å². The van der Waals surface area contributed by atoms with E-state index in [2.05, 4.69) is 46.0 Å². The topological polar surface area (TPSA) is 74.2 Å². The van der Waals surface area contributed by atoms with Gasteiger partial charge in [-0.2, -0.15) is 0 Å². The van der Waals surface area contributed by atoms with E-state index in [1.807, 2.05) is 18.2 Å². The van der Waals surface area contributed by atoms with Crippen LogP contribution in [0.3, 0.4) is 0 Å². The lowest BCUT2D eigenvalue weighted by Gasteiger charge is -2.59. The summed E-state index contributed by atoms with van der Waals surface area (Å²) < 4.78 is 25.5. The van der Waals surface area contributed by atoms with Crippen LogP contribution in [0.4, 0.5) is 0 Å². The SMILES string of the molecule is CC(C)(C)[Si](C)(C)O[C@@H]1CC[C@@]2(COCc3ccccc3)CO[C@H]3[C@@H](O)C[C@@H]4C(=O)OC[C@]41[C@@H]32. The zero-order valence-electron chi connectivity index (χ0n) is 21.2. The van der Waals surface area contributed by atoms with Crippen LogP contribution in [0.15, 0.2) is 30.3 Å². The summed E-state index contributed by atoms with van der Waals surface area (Å²) in [4.78, 5) is 13.0. The van der Waals surface area contributed by atoms with Gasteiger partial charge in [0.1, 0.15) is 6.61 Å². The molecule has 2 saturated heterocycles. The highest BCUT2D eigenvalue weighted by Crippen LogP contribution is 2.67. The Morgan fingerprint density at radius 1 is 1.18 bits per heavy atom. The van der Waals surface area contributed by atoms with Crippen LogP contribution in [0.2, 0.25) is 18.1 Å². The Kier molecular flexibility index (Phi) is 6.04. The van der Waals surface area contributed by atoms with Crippen LogP contribution in [0.5, 0.6) is 0 Å². The molecule has 5 rings (SSSR count). The third kappa shape index (κ3) is 3.70. The number of hydrogen-bond acceptors (Lipinski definition) is 6. The van der Waals surface area contributed by atoms with Crippen molar-refractivity contribution in [2.75, 3.05) is 19.8 Å². The molecule has 2 aliphatic carbocycles. The number of ether oxygens (including phenoxy) is 3. The minimum Gasteiger partial charge on any atom is -0.465 e. The van der Waals surface area contributed by atoms with Crippen molar-refractivity contribution in [1.82, 2.24) is 0 Å². The summed E-state index contributed by atoms with van der Waals surface area (Å²) in [7, 11) is -2.09. The first-order valence-electron chi connectivity index (χ1n) is 12.8. The molecule has 2 saturated carbocycles. The Balaban J connectivity index is 1.47.